The van der Waals surface area contributed by atoms with Crippen molar-refractivity contribution >= 4 is 10.0 Å². The largest absolute Gasteiger partial charge is 0.322 e. The van der Waals surface area contributed by atoms with Crippen LogP contribution in [0.5, 0.6) is 0 Å². The molecule has 0 spiro atoms. The minimum Gasteiger partial charge on any atom is -0.322 e. The van der Waals surface area contributed by atoms with Gasteiger partial charge in [0.1, 0.15) is 0 Å². The van der Waals surface area contributed by atoms with E-state index < -0.39 is 22.1 Å². The van der Waals surface area contributed by atoms with Crippen molar-refractivity contribution in [2.24, 2.45) is 5.73 Å². The van der Waals surface area contributed by atoms with Crippen molar-refractivity contribution in [2.75, 3.05) is 0 Å². The maximum atomic E-state index is 14.1. The lowest BCUT2D eigenvalue weighted by Crippen LogP contribution is -2.37. The molecule has 0 aliphatic rings. The third-order valence-electron chi connectivity index (χ3n) is 6.33. The molecule has 0 bridgehead atoms. The van der Waals surface area contributed by atoms with Crippen molar-refractivity contribution < 1.29 is 8.42 Å². The predicted octanol–water partition coefficient (Wildman–Crippen LogP) is 6.78. The van der Waals surface area contributed by atoms with Gasteiger partial charge in [-0.3, -0.25) is 0 Å². The zero-order valence-electron chi connectivity index (χ0n) is 21.1. The number of hydrogen-bond acceptors (Lipinski definition) is 3. The maximum Gasteiger partial charge on any atom is 0.241 e. The van der Waals surface area contributed by atoms with E-state index in [9.17, 15) is 8.42 Å². The average molecular weight is 479 g/mol. The van der Waals surface area contributed by atoms with Crippen LogP contribution in [0.3, 0.4) is 0 Å². The molecule has 3 rings (SSSR count). The van der Waals surface area contributed by atoms with Crippen LogP contribution in [0.4, 0.5) is 0 Å². The SMILES string of the molecule is CC(C)c1cc(C(C)C)c(S(=O)(=O)NC(c2ccccc2)[C@H](N)c2ccccc2)c(C(C)C)c1. The molecule has 34 heavy (non-hydrogen) atoms. The highest BCUT2D eigenvalue weighted by atomic mass is 32.2. The van der Waals surface area contributed by atoms with Gasteiger partial charge < -0.3 is 5.73 Å². The van der Waals surface area contributed by atoms with E-state index in [4.69, 9.17) is 5.73 Å². The molecule has 0 amide bonds. The number of rotatable bonds is 9. The molecule has 182 valence electrons. The molecule has 3 aromatic carbocycles. The van der Waals surface area contributed by atoms with E-state index in [1.165, 1.54) is 0 Å². The van der Waals surface area contributed by atoms with Gasteiger partial charge in [-0.05, 0) is 45.6 Å². The smallest absolute Gasteiger partial charge is 0.241 e. The summed E-state index contributed by atoms with van der Waals surface area (Å²) in [6.45, 7) is 12.5. The lowest BCUT2D eigenvalue weighted by Gasteiger charge is -2.28. The van der Waals surface area contributed by atoms with Crippen LogP contribution in [0.1, 0.15) is 99.2 Å². The van der Waals surface area contributed by atoms with Crippen molar-refractivity contribution in [1.82, 2.24) is 4.72 Å². The first-order valence-corrected chi connectivity index (χ1v) is 13.6. The first-order valence-electron chi connectivity index (χ1n) is 12.1. The first kappa shape index (κ1) is 26.1. The Morgan fingerprint density at radius 3 is 1.50 bits per heavy atom. The summed E-state index contributed by atoms with van der Waals surface area (Å²) in [7, 11) is -3.88. The van der Waals surface area contributed by atoms with Crippen LogP contribution in [-0.2, 0) is 10.0 Å². The summed E-state index contributed by atoms with van der Waals surface area (Å²) in [5.74, 6) is 0.421. The van der Waals surface area contributed by atoms with Gasteiger partial charge in [-0.2, -0.15) is 0 Å². The average Bonchev–Trinajstić information content (AvgIpc) is 2.82. The highest BCUT2D eigenvalue weighted by molar-refractivity contribution is 7.89. The number of hydrogen-bond donors (Lipinski definition) is 2. The lowest BCUT2D eigenvalue weighted by atomic mass is 9.89. The van der Waals surface area contributed by atoms with E-state index in [0.717, 1.165) is 27.8 Å². The van der Waals surface area contributed by atoms with Gasteiger partial charge in [0.15, 0.2) is 0 Å². The zero-order valence-corrected chi connectivity index (χ0v) is 21.9. The van der Waals surface area contributed by atoms with Crippen molar-refractivity contribution in [3.05, 3.63) is 101 Å². The molecule has 0 saturated heterocycles. The van der Waals surface area contributed by atoms with E-state index in [1.807, 2.05) is 88.4 Å². The van der Waals surface area contributed by atoms with Crippen LogP contribution >= 0.6 is 0 Å². The summed E-state index contributed by atoms with van der Waals surface area (Å²) >= 11 is 0. The molecule has 0 aromatic heterocycles. The zero-order chi connectivity index (χ0) is 25.0. The minimum atomic E-state index is -3.88. The fourth-order valence-corrected chi connectivity index (χ4v) is 6.25. The van der Waals surface area contributed by atoms with Gasteiger partial charge in [0, 0.05) is 0 Å². The van der Waals surface area contributed by atoms with E-state index >= 15 is 0 Å². The van der Waals surface area contributed by atoms with Gasteiger partial charge in [0.05, 0.1) is 17.0 Å². The second-order valence-corrected chi connectivity index (χ2v) is 11.6. The normalized spacial score (nSPS) is 14.1. The predicted molar refractivity (Wildman–Crippen MR) is 142 cm³/mol. The summed E-state index contributed by atoms with van der Waals surface area (Å²) in [4.78, 5) is 0.392. The molecule has 1 unspecified atom stereocenters. The molecule has 3 aromatic rings. The number of benzene rings is 3. The topological polar surface area (TPSA) is 72.2 Å². The van der Waals surface area contributed by atoms with Gasteiger partial charge in [0.25, 0.3) is 0 Å². The van der Waals surface area contributed by atoms with Crippen LogP contribution in [0, 0.1) is 0 Å². The first-order chi connectivity index (χ1) is 16.0. The van der Waals surface area contributed by atoms with Gasteiger partial charge in [-0.15, -0.1) is 0 Å². The number of sulfonamides is 1. The standard InChI is InChI=1S/C29H38N2O2S/c1-19(2)24-17-25(20(3)4)29(26(18-24)21(5)6)34(32,33)31-28(23-15-11-8-12-16-23)27(30)22-13-9-7-10-14-22/h7-21,27-28,31H,30H2,1-6H3/t27-,28?/m1/s1. The van der Waals surface area contributed by atoms with Gasteiger partial charge >= 0.3 is 0 Å². The van der Waals surface area contributed by atoms with Crippen molar-refractivity contribution in [2.45, 2.75) is 76.3 Å². The van der Waals surface area contributed by atoms with E-state index in [2.05, 4.69) is 30.7 Å². The highest BCUT2D eigenvalue weighted by Gasteiger charge is 2.32. The minimum absolute atomic E-state index is 0.0562. The highest BCUT2D eigenvalue weighted by Crippen LogP contribution is 2.37. The Hall–Kier alpha value is -2.47. The van der Waals surface area contributed by atoms with Crippen LogP contribution in [0.15, 0.2) is 77.7 Å². The molecule has 5 heteroatoms. The summed E-state index contributed by atoms with van der Waals surface area (Å²) in [5.41, 5.74) is 11.3. The Bertz CT molecular complexity index is 1160. The molecule has 0 radical (unpaired) electrons. The molecule has 4 nitrogen and oxygen atoms in total. The van der Waals surface area contributed by atoms with Crippen molar-refractivity contribution in [3.8, 4) is 0 Å². The fraction of sp³-hybridized carbons (Fsp3) is 0.379. The second kappa shape index (κ2) is 10.9. The molecule has 0 aliphatic carbocycles. The van der Waals surface area contributed by atoms with Gasteiger partial charge in [-0.1, -0.05) is 114 Å². The Morgan fingerprint density at radius 1 is 0.647 bits per heavy atom. The molecule has 0 heterocycles. The van der Waals surface area contributed by atoms with Crippen LogP contribution in [-0.4, -0.2) is 8.42 Å². The third-order valence-corrected chi connectivity index (χ3v) is 7.91. The fourth-order valence-electron chi connectivity index (χ4n) is 4.30. The second-order valence-electron chi connectivity index (χ2n) is 9.94. The van der Waals surface area contributed by atoms with Gasteiger partial charge in [0.2, 0.25) is 10.0 Å². The molecular formula is C29H38N2O2S. The molecule has 0 saturated carbocycles. The van der Waals surface area contributed by atoms with Gasteiger partial charge in [-0.25, -0.2) is 13.1 Å². The Balaban J connectivity index is 2.17. The summed E-state index contributed by atoms with van der Waals surface area (Å²) in [5, 5.41) is 0. The Morgan fingerprint density at radius 2 is 1.09 bits per heavy atom. The Labute approximate surface area is 205 Å². The molecule has 3 N–H and O–H groups in total. The quantitative estimate of drug-likeness (QED) is 0.356. The maximum absolute atomic E-state index is 14.1. The van der Waals surface area contributed by atoms with Crippen LogP contribution < -0.4 is 10.5 Å². The summed E-state index contributed by atoms with van der Waals surface area (Å²) in [6.07, 6.45) is 0. The monoisotopic (exact) mass is 478 g/mol. The molecule has 0 aliphatic heterocycles. The van der Waals surface area contributed by atoms with Crippen molar-refractivity contribution in [3.63, 3.8) is 0 Å². The summed E-state index contributed by atoms with van der Waals surface area (Å²) < 4.78 is 31.2. The van der Waals surface area contributed by atoms with E-state index in [1.54, 1.807) is 0 Å². The lowest BCUT2D eigenvalue weighted by molar-refractivity contribution is 0.502. The molecular weight excluding hydrogens is 440 g/mol. The van der Waals surface area contributed by atoms with Crippen molar-refractivity contribution in [1.29, 1.82) is 0 Å². The van der Waals surface area contributed by atoms with Crippen LogP contribution in [0.25, 0.3) is 0 Å². The molecule has 2 atom stereocenters. The number of nitrogens with two attached hydrogens (primary N) is 1. The van der Waals surface area contributed by atoms with E-state index in [-0.39, 0.29) is 11.8 Å². The van der Waals surface area contributed by atoms with E-state index in [0.29, 0.717) is 10.8 Å². The summed E-state index contributed by atoms with van der Waals surface area (Å²) in [6, 6.07) is 22.2. The molecule has 0 fully saturated rings. The third kappa shape index (κ3) is 5.77. The Kier molecular flexibility index (Phi) is 8.34. The van der Waals surface area contributed by atoms with Crippen LogP contribution in [0.2, 0.25) is 0 Å². The number of nitrogens with one attached hydrogen (secondary N) is 1.